The number of hydrogen-bond acceptors (Lipinski definition) is 6. The molecule has 148 valence electrons. The van der Waals surface area contributed by atoms with E-state index in [4.69, 9.17) is 13.6 Å². The molecule has 1 aromatic carbocycles. The van der Waals surface area contributed by atoms with Crippen LogP contribution in [0, 0.1) is 6.92 Å². The molecule has 1 aliphatic heterocycles. The number of aryl methyl sites for hydroxylation is 1. The number of aliphatic hydroxyl groups excluding tert-OH is 1. The van der Waals surface area contributed by atoms with E-state index in [1.54, 1.807) is 55.5 Å². The second kappa shape index (κ2) is 7.35. The maximum absolute atomic E-state index is 12.9. The third kappa shape index (κ3) is 3.31. The fraction of sp³-hybridized carbons (Fsp3) is 0.182. The quantitative estimate of drug-likeness (QED) is 0.402. The molecule has 7 nitrogen and oxygen atoms in total. The maximum Gasteiger partial charge on any atom is 0.296 e. The van der Waals surface area contributed by atoms with Gasteiger partial charge in [0.1, 0.15) is 34.8 Å². The van der Waals surface area contributed by atoms with Crippen LogP contribution in [0.5, 0.6) is 5.75 Å². The van der Waals surface area contributed by atoms with Gasteiger partial charge in [0.05, 0.1) is 25.5 Å². The summed E-state index contributed by atoms with van der Waals surface area (Å²) in [5.74, 6) is 0.248. The lowest BCUT2D eigenvalue weighted by atomic mass is 9.99. The number of carbonyl (C=O) groups excluding carboxylic acids is 2. The number of rotatable bonds is 5. The highest BCUT2D eigenvalue weighted by Crippen LogP contribution is 2.41. The second-order valence-corrected chi connectivity index (χ2v) is 6.69. The predicted molar refractivity (Wildman–Crippen MR) is 103 cm³/mol. The van der Waals surface area contributed by atoms with Gasteiger partial charge in [0.25, 0.3) is 11.7 Å². The summed E-state index contributed by atoms with van der Waals surface area (Å²) in [5, 5.41) is 11.0. The summed E-state index contributed by atoms with van der Waals surface area (Å²) in [5.41, 5.74) is 0.331. The van der Waals surface area contributed by atoms with Crippen LogP contribution in [-0.4, -0.2) is 28.8 Å². The van der Waals surface area contributed by atoms with E-state index in [9.17, 15) is 14.7 Å². The van der Waals surface area contributed by atoms with Crippen molar-refractivity contribution in [1.82, 2.24) is 4.90 Å². The molecule has 1 N–H and O–H groups in total. The first-order valence-corrected chi connectivity index (χ1v) is 9.01. The van der Waals surface area contributed by atoms with E-state index < -0.39 is 17.7 Å². The monoisotopic (exact) mass is 393 g/mol. The molecule has 0 aliphatic carbocycles. The van der Waals surface area contributed by atoms with Crippen molar-refractivity contribution in [3.63, 3.8) is 0 Å². The summed E-state index contributed by atoms with van der Waals surface area (Å²) in [6.07, 6.45) is 1.49. The molecule has 1 atom stereocenters. The lowest BCUT2D eigenvalue weighted by Gasteiger charge is -2.22. The van der Waals surface area contributed by atoms with Gasteiger partial charge in [-0.25, -0.2) is 0 Å². The average molecular weight is 393 g/mol. The predicted octanol–water partition coefficient (Wildman–Crippen LogP) is 3.81. The Hall–Kier alpha value is -3.74. The summed E-state index contributed by atoms with van der Waals surface area (Å²) in [6, 6.07) is 12.6. The van der Waals surface area contributed by atoms with Crippen LogP contribution in [0.3, 0.4) is 0 Å². The summed E-state index contributed by atoms with van der Waals surface area (Å²) in [7, 11) is 1.51. The normalized spacial score (nSPS) is 18.4. The lowest BCUT2D eigenvalue weighted by molar-refractivity contribution is -0.140. The Balaban J connectivity index is 1.86. The van der Waals surface area contributed by atoms with E-state index in [1.807, 2.05) is 0 Å². The van der Waals surface area contributed by atoms with Crippen LogP contribution in [0.4, 0.5) is 0 Å². The summed E-state index contributed by atoms with van der Waals surface area (Å²) in [4.78, 5) is 27.0. The summed E-state index contributed by atoms with van der Waals surface area (Å²) in [6.45, 7) is 1.83. The largest absolute Gasteiger partial charge is 0.507 e. The number of ether oxygens (including phenoxy) is 1. The summed E-state index contributed by atoms with van der Waals surface area (Å²) >= 11 is 0. The molecule has 7 heteroatoms. The van der Waals surface area contributed by atoms with Gasteiger partial charge >= 0.3 is 0 Å². The van der Waals surface area contributed by atoms with Crippen LogP contribution in [0.2, 0.25) is 0 Å². The molecule has 1 unspecified atom stereocenters. The number of methoxy groups -OCH3 is 1. The molecule has 1 saturated heterocycles. The Morgan fingerprint density at radius 1 is 1.17 bits per heavy atom. The van der Waals surface area contributed by atoms with Gasteiger partial charge in [0, 0.05) is 5.56 Å². The number of carbonyl (C=O) groups is 2. The fourth-order valence-electron chi connectivity index (χ4n) is 3.44. The molecular weight excluding hydrogens is 374 g/mol. The Bertz CT molecular complexity index is 1090. The molecule has 0 saturated carbocycles. The van der Waals surface area contributed by atoms with E-state index in [0.29, 0.717) is 28.6 Å². The van der Waals surface area contributed by atoms with E-state index >= 15 is 0 Å². The van der Waals surface area contributed by atoms with Crippen LogP contribution >= 0.6 is 0 Å². The zero-order valence-corrected chi connectivity index (χ0v) is 15.9. The van der Waals surface area contributed by atoms with Crippen LogP contribution in [0.15, 0.2) is 69.2 Å². The number of nitrogens with zero attached hydrogens (tertiary/aromatic N) is 1. The van der Waals surface area contributed by atoms with Gasteiger partial charge < -0.3 is 23.6 Å². The van der Waals surface area contributed by atoms with Crippen molar-refractivity contribution in [2.75, 3.05) is 7.11 Å². The second-order valence-electron chi connectivity index (χ2n) is 6.69. The molecule has 29 heavy (non-hydrogen) atoms. The summed E-state index contributed by atoms with van der Waals surface area (Å²) < 4.78 is 16.3. The zero-order chi connectivity index (χ0) is 20.5. The number of aliphatic hydroxyl groups is 1. The smallest absolute Gasteiger partial charge is 0.296 e. The minimum absolute atomic E-state index is 0.0378. The van der Waals surface area contributed by atoms with Crippen molar-refractivity contribution in [3.05, 3.63) is 83.2 Å². The molecule has 1 aliphatic rings. The van der Waals surface area contributed by atoms with Gasteiger partial charge in [-0.05, 0) is 43.3 Å². The number of amides is 1. The minimum Gasteiger partial charge on any atom is -0.507 e. The first-order chi connectivity index (χ1) is 14.0. The first-order valence-electron chi connectivity index (χ1n) is 9.01. The first kappa shape index (κ1) is 18.6. The SMILES string of the molecule is COc1cccc(/C(O)=C2/C(=O)C(=O)N(Cc3ccco3)C2c2ccc(C)o2)c1. The molecule has 2 aromatic heterocycles. The lowest BCUT2D eigenvalue weighted by Crippen LogP contribution is -2.28. The standard InChI is InChI=1S/C22H19NO6/c1-13-8-9-17(29-13)19-18(20(24)14-5-3-6-15(11-14)27-2)21(25)22(26)23(19)12-16-7-4-10-28-16/h3-11,19,24H,12H2,1-2H3/b20-18-. The van der Waals surface area contributed by atoms with E-state index in [2.05, 4.69) is 0 Å². The number of ketones is 1. The van der Waals surface area contributed by atoms with Crippen molar-refractivity contribution >= 4 is 17.4 Å². The van der Waals surface area contributed by atoms with Gasteiger partial charge in [-0.15, -0.1) is 0 Å². The van der Waals surface area contributed by atoms with Crippen LogP contribution < -0.4 is 4.74 Å². The number of Topliss-reactive ketones (excluding diaryl/α,β-unsaturated/α-hetero) is 1. The van der Waals surface area contributed by atoms with Gasteiger partial charge in [0.15, 0.2) is 0 Å². The Morgan fingerprint density at radius 2 is 2.00 bits per heavy atom. The molecule has 0 bridgehead atoms. The molecular formula is C22H19NO6. The van der Waals surface area contributed by atoms with Crippen molar-refractivity contribution in [3.8, 4) is 5.75 Å². The maximum atomic E-state index is 12.9. The van der Waals surface area contributed by atoms with Crippen molar-refractivity contribution in [2.45, 2.75) is 19.5 Å². The molecule has 0 radical (unpaired) electrons. The highest BCUT2D eigenvalue weighted by atomic mass is 16.5. The third-order valence-electron chi connectivity index (χ3n) is 4.82. The van der Waals surface area contributed by atoms with Crippen molar-refractivity contribution < 1.29 is 28.3 Å². The van der Waals surface area contributed by atoms with E-state index in [1.165, 1.54) is 18.3 Å². The number of furan rings is 2. The van der Waals surface area contributed by atoms with E-state index in [0.717, 1.165) is 0 Å². The van der Waals surface area contributed by atoms with Crippen LogP contribution in [0.1, 0.15) is 28.9 Å². The Morgan fingerprint density at radius 3 is 2.66 bits per heavy atom. The Labute approximate surface area is 166 Å². The van der Waals surface area contributed by atoms with E-state index in [-0.39, 0.29) is 17.9 Å². The van der Waals surface area contributed by atoms with Crippen LogP contribution in [0.25, 0.3) is 5.76 Å². The number of benzene rings is 1. The molecule has 4 rings (SSSR count). The molecule has 1 amide bonds. The van der Waals surface area contributed by atoms with Crippen LogP contribution in [-0.2, 0) is 16.1 Å². The van der Waals surface area contributed by atoms with Gasteiger partial charge in [0.2, 0.25) is 0 Å². The number of hydrogen-bond donors (Lipinski definition) is 1. The van der Waals surface area contributed by atoms with Gasteiger partial charge in [-0.2, -0.15) is 0 Å². The minimum atomic E-state index is -0.875. The Kier molecular flexibility index (Phi) is 4.72. The fourth-order valence-corrected chi connectivity index (χ4v) is 3.44. The molecule has 3 aromatic rings. The molecule has 1 fully saturated rings. The van der Waals surface area contributed by atoms with Crippen molar-refractivity contribution in [1.29, 1.82) is 0 Å². The third-order valence-corrected chi connectivity index (χ3v) is 4.82. The average Bonchev–Trinajstić information content (AvgIpc) is 3.45. The topological polar surface area (TPSA) is 93.1 Å². The molecule has 0 spiro atoms. The van der Waals surface area contributed by atoms with Gasteiger partial charge in [-0.1, -0.05) is 12.1 Å². The highest BCUT2D eigenvalue weighted by molar-refractivity contribution is 6.46. The molecule has 3 heterocycles. The van der Waals surface area contributed by atoms with Crippen molar-refractivity contribution in [2.24, 2.45) is 0 Å². The highest BCUT2D eigenvalue weighted by Gasteiger charge is 2.47. The zero-order valence-electron chi connectivity index (χ0n) is 15.9. The number of likely N-dealkylation sites (tertiary alicyclic amines) is 1. The van der Waals surface area contributed by atoms with Gasteiger partial charge in [-0.3, -0.25) is 9.59 Å².